The monoisotopic (exact) mass is 293 g/mol. The van der Waals surface area contributed by atoms with E-state index in [2.05, 4.69) is 6.92 Å². The lowest BCUT2D eigenvalue weighted by Gasteiger charge is -2.32. The first-order valence-electron chi connectivity index (χ1n) is 7.31. The third-order valence-corrected chi connectivity index (χ3v) is 6.12. The molecule has 1 aliphatic rings. The molecule has 1 fully saturated rings. The van der Waals surface area contributed by atoms with E-state index in [4.69, 9.17) is 23.7 Å². The molecule has 0 saturated carbocycles. The standard InChI is InChI=1S/C9H23NO3Si.C4H8O/c1-5-9(10)14(11-6-2,12-7-3)13-8-4;1-4-2-5-3-4/h9H,5-8,10H2,1-4H3;4H,2-3H2,1H3. The second kappa shape index (κ2) is 10.8. The number of hydrogen-bond donors (Lipinski definition) is 1. The van der Waals surface area contributed by atoms with Crippen LogP contribution in [0.3, 0.4) is 0 Å². The summed E-state index contributed by atoms with van der Waals surface area (Å²) in [5, 5.41) is 0. The average Bonchev–Trinajstić information content (AvgIpc) is 2.37. The quantitative estimate of drug-likeness (QED) is 0.693. The fraction of sp³-hybridized carbons (Fsp3) is 1.00. The minimum atomic E-state index is -2.62. The molecule has 0 aliphatic carbocycles. The highest BCUT2D eigenvalue weighted by Gasteiger charge is 2.46. The lowest BCUT2D eigenvalue weighted by Crippen LogP contribution is -2.60. The predicted octanol–water partition coefficient (Wildman–Crippen LogP) is 1.96. The van der Waals surface area contributed by atoms with Gasteiger partial charge in [-0.25, -0.2) is 0 Å². The Morgan fingerprint density at radius 3 is 1.58 bits per heavy atom. The Labute approximate surface area is 119 Å². The molecule has 0 aromatic carbocycles. The topological polar surface area (TPSA) is 62.9 Å². The number of hydrogen-bond acceptors (Lipinski definition) is 5. The van der Waals surface area contributed by atoms with Crippen molar-refractivity contribution in [1.82, 2.24) is 0 Å². The molecule has 0 radical (unpaired) electrons. The first-order valence-corrected chi connectivity index (χ1v) is 9.11. The summed E-state index contributed by atoms with van der Waals surface area (Å²) in [6.45, 7) is 13.7. The van der Waals surface area contributed by atoms with Gasteiger partial charge in [0.2, 0.25) is 0 Å². The fourth-order valence-corrected chi connectivity index (χ4v) is 4.25. The Morgan fingerprint density at radius 1 is 1.05 bits per heavy atom. The van der Waals surface area contributed by atoms with E-state index >= 15 is 0 Å². The molecule has 0 aromatic rings. The van der Waals surface area contributed by atoms with Crippen LogP contribution in [0.4, 0.5) is 0 Å². The first-order chi connectivity index (χ1) is 9.06. The van der Waals surface area contributed by atoms with Gasteiger partial charge in [0.05, 0.1) is 18.9 Å². The molecule has 0 bridgehead atoms. The highest BCUT2D eigenvalue weighted by atomic mass is 28.4. The largest absolute Gasteiger partial charge is 0.518 e. The van der Waals surface area contributed by atoms with E-state index in [9.17, 15) is 0 Å². The maximum atomic E-state index is 6.00. The van der Waals surface area contributed by atoms with Crippen LogP contribution in [-0.4, -0.2) is 47.5 Å². The maximum absolute atomic E-state index is 6.00. The highest BCUT2D eigenvalue weighted by molar-refractivity contribution is 6.62. The summed E-state index contributed by atoms with van der Waals surface area (Å²) in [5.41, 5.74) is 5.87. The number of ether oxygens (including phenoxy) is 1. The van der Waals surface area contributed by atoms with Crippen molar-refractivity contribution in [2.45, 2.75) is 46.7 Å². The molecule has 0 amide bonds. The molecule has 2 N–H and O–H groups in total. The van der Waals surface area contributed by atoms with Crippen molar-refractivity contribution < 1.29 is 18.0 Å². The molecule has 116 valence electrons. The van der Waals surface area contributed by atoms with Crippen LogP contribution in [0.15, 0.2) is 0 Å². The molecule has 19 heavy (non-hydrogen) atoms. The van der Waals surface area contributed by atoms with Gasteiger partial charge in [0, 0.05) is 25.7 Å². The van der Waals surface area contributed by atoms with Gasteiger partial charge in [-0.1, -0.05) is 13.8 Å². The summed E-state index contributed by atoms with van der Waals surface area (Å²) in [6, 6.07) is 0. The highest BCUT2D eigenvalue weighted by Crippen LogP contribution is 2.15. The van der Waals surface area contributed by atoms with Crippen molar-refractivity contribution >= 4 is 8.80 Å². The van der Waals surface area contributed by atoms with Crippen LogP contribution >= 0.6 is 0 Å². The summed E-state index contributed by atoms with van der Waals surface area (Å²) in [5.74, 6) is 0.843. The fourth-order valence-electron chi connectivity index (χ4n) is 1.65. The van der Waals surface area contributed by atoms with Crippen molar-refractivity contribution in [3.8, 4) is 0 Å². The maximum Gasteiger partial charge on any atom is 0.518 e. The molecule has 1 saturated heterocycles. The second-order valence-corrected chi connectivity index (χ2v) is 7.37. The van der Waals surface area contributed by atoms with Crippen molar-refractivity contribution in [2.75, 3.05) is 33.0 Å². The lowest BCUT2D eigenvalue weighted by atomic mass is 10.2. The summed E-state index contributed by atoms with van der Waals surface area (Å²) in [6.07, 6.45) is 0.812. The molecule has 1 rings (SSSR count). The van der Waals surface area contributed by atoms with Gasteiger partial charge in [0.1, 0.15) is 0 Å². The lowest BCUT2D eigenvalue weighted by molar-refractivity contribution is -0.0221. The molecular weight excluding hydrogens is 262 g/mol. The Morgan fingerprint density at radius 2 is 1.42 bits per heavy atom. The molecule has 6 heteroatoms. The molecule has 1 heterocycles. The Kier molecular flexibility index (Phi) is 10.8. The third kappa shape index (κ3) is 6.83. The van der Waals surface area contributed by atoms with Gasteiger partial charge < -0.3 is 23.7 Å². The predicted molar refractivity (Wildman–Crippen MR) is 78.9 cm³/mol. The van der Waals surface area contributed by atoms with Crippen LogP contribution in [0.1, 0.15) is 41.0 Å². The minimum absolute atomic E-state index is 0.123. The molecule has 5 nitrogen and oxygen atoms in total. The third-order valence-electron chi connectivity index (χ3n) is 2.74. The zero-order valence-electron chi connectivity index (χ0n) is 13.1. The van der Waals surface area contributed by atoms with Crippen LogP contribution in [0.2, 0.25) is 0 Å². The molecule has 1 atom stereocenters. The van der Waals surface area contributed by atoms with Crippen molar-refractivity contribution in [3.63, 3.8) is 0 Å². The zero-order valence-corrected chi connectivity index (χ0v) is 14.1. The van der Waals surface area contributed by atoms with Gasteiger partial charge in [-0.2, -0.15) is 0 Å². The van der Waals surface area contributed by atoms with Gasteiger partial charge in [0.25, 0.3) is 0 Å². The number of rotatable bonds is 8. The van der Waals surface area contributed by atoms with E-state index < -0.39 is 8.80 Å². The Balaban J connectivity index is 0.000000532. The van der Waals surface area contributed by atoms with Crippen molar-refractivity contribution in [3.05, 3.63) is 0 Å². The van der Waals surface area contributed by atoms with Crippen LogP contribution in [0.25, 0.3) is 0 Å². The first kappa shape index (κ1) is 19.0. The van der Waals surface area contributed by atoms with E-state index in [1.165, 1.54) is 0 Å². The van der Waals surface area contributed by atoms with Crippen LogP contribution < -0.4 is 5.73 Å². The Hall–Kier alpha value is 0.0169. The summed E-state index contributed by atoms with van der Waals surface area (Å²) in [7, 11) is -2.62. The minimum Gasteiger partial charge on any atom is -0.381 e. The molecule has 0 spiro atoms. The van der Waals surface area contributed by atoms with Gasteiger partial charge in [-0.15, -0.1) is 0 Å². The molecular formula is C13H31NO4Si. The van der Waals surface area contributed by atoms with Crippen molar-refractivity contribution in [1.29, 1.82) is 0 Å². The smallest absolute Gasteiger partial charge is 0.381 e. The van der Waals surface area contributed by atoms with Gasteiger partial charge >= 0.3 is 8.80 Å². The van der Waals surface area contributed by atoms with Gasteiger partial charge in [-0.05, 0) is 27.2 Å². The molecule has 1 aliphatic heterocycles. The van der Waals surface area contributed by atoms with E-state index in [0.29, 0.717) is 19.8 Å². The number of nitrogens with two attached hydrogens (primary N) is 1. The average molecular weight is 293 g/mol. The summed E-state index contributed by atoms with van der Waals surface area (Å²) in [4.78, 5) is 0. The normalized spacial score (nSPS) is 17.4. The van der Waals surface area contributed by atoms with Gasteiger partial charge in [-0.3, -0.25) is 0 Å². The van der Waals surface area contributed by atoms with Crippen LogP contribution in [-0.2, 0) is 18.0 Å². The molecule has 1 unspecified atom stereocenters. The van der Waals surface area contributed by atoms with E-state index in [1.54, 1.807) is 0 Å². The van der Waals surface area contributed by atoms with Crippen LogP contribution in [0, 0.1) is 5.92 Å². The Bertz CT molecular complexity index is 198. The summed E-state index contributed by atoms with van der Waals surface area (Å²) < 4.78 is 21.7. The SMILES string of the molecule is CC1COC1.CCO[Si](OCC)(OCC)C(N)CC. The van der Waals surface area contributed by atoms with E-state index in [-0.39, 0.29) is 5.67 Å². The zero-order chi connectivity index (χ0) is 14.7. The second-order valence-electron chi connectivity index (χ2n) is 4.56. The summed E-state index contributed by atoms with van der Waals surface area (Å²) >= 11 is 0. The van der Waals surface area contributed by atoms with E-state index in [0.717, 1.165) is 25.6 Å². The van der Waals surface area contributed by atoms with Gasteiger partial charge in [0.15, 0.2) is 0 Å². The van der Waals surface area contributed by atoms with Crippen molar-refractivity contribution in [2.24, 2.45) is 11.7 Å². The van der Waals surface area contributed by atoms with E-state index in [1.807, 2.05) is 27.7 Å². The van der Waals surface area contributed by atoms with Crippen LogP contribution in [0.5, 0.6) is 0 Å². The molecule has 0 aromatic heterocycles.